The van der Waals surface area contributed by atoms with Crippen LogP contribution in [0.25, 0.3) is 22.6 Å². The van der Waals surface area contributed by atoms with Crippen molar-refractivity contribution in [2.24, 2.45) is 5.84 Å². The van der Waals surface area contributed by atoms with Gasteiger partial charge in [0.15, 0.2) is 5.76 Å². The SMILES string of the molecule is NNC(=O)c1oc2nc(-c3ccco3)c3c(c2c1N)CCC3. The number of nitrogen functional groups attached to an aromatic ring is 2. The minimum absolute atomic E-state index is 0.00399. The van der Waals surface area contributed by atoms with Crippen LogP contribution < -0.4 is 17.0 Å². The number of hydrogen-bond acceptors (Lipinski definition) is 6. The summed E-state index contributed by atoms with van der Waals surface area (Å²) in [5.74, 6) is 5.27. The molecule has 0 spiro atoms. The second-order valence-electron chi connectivity index (χ2n) is 5.25. The van der Waals surface area contributed by atoms with Gasteiger partial charge in [0.25, 0.3) is 0 Å². The van der Waals surface area contributed by atoms with Gasteiger partial charge in [-0.3, -0.25) is 10.2 Å². The number of fused-ring (bicyclic) bond motifs is 3. The summed E-state index contributed by atoms with van der Waals surface area (Å²) in [7, 11) is 0. The van der Waals surface area contributed by atoms with E-state index in [2.05, 4.69) is 4.98 Å². The van der Waals surface area contributed by atoms with E-state index in [4.69, 9.17) is 20.4 Å². The zero-order chi connectivity index (χ0) is 15.3. The van der Waals surface area contributed by atoms with E-state index in [1.165, 1.54) is 0 Å². The highest BCUT2D eigenvalue weighted by molar-refractivity contribution is 6.06. The zero-order valence-electron chi connectivity index (χ0n) is 11.7. The molecule has 7 nitrogen and oxygen atoms in total. The van der Waals surface area contributed by atoms with Gasteiger partial charge in [0.2, 0.25) is 11.5 Å². The molecule has 1 aliphatic carbocycles. The lowest BCUT2D eigenvalue weighted by Gasteiger charge is -2.06. The lowest BCUT2D eigenvalue weighted by molar-refractivity contribution is 0.0929. The van der Waals surface area contributed by atoms with E-state index < -0.39 is 5.91 Å². The molecular weight excluding hydrogens is 284 g/mol. The molecule has 3 heterocycles. The lowest BCUT2D eigenvalue weighted by Crippen LogP contribution is -2.30. The van der Waals surface area contributed by atoms with Crippen LogP contribution in [0, 0.1) is 0 Å². The number of hydrogen-bond donors (Lipinski definition) is 3. The van der Waals surface area contributed by atoms with Crippen LogP contribution in [0.3, 0.4) is 0 Å². The lowest BCUT2D eigenvalue weighted by atomic mass is 10.0. The molecule has 0 aromatic carbocycles. The predicted octanol–water partition coefficient (Wildman–Crippen LogP) is 1.76. The molecule has 0 saturated carbocycles. The van der Waals surface area contributed by atoms with E-state index in [1.54, 1.807) is 6.26 Å². The molecule has 1 amide bonds. The Morgan fingerprint density at radius 3 is 2.86 bits per heavy atom. The summed E-state index contributed by atoms with van der Waals surface area (Å²) in [4.78, 5) is 16.3. The largest absolute Gasteiger partial charge is 0.463 e. The van der Waals surface area contributed by atoms with Crippen molar-refractivity contribution in [3.8, 4) is 11.5 Å². The number of anilines is 1. The second-order valence-corrected chi connectivity index (χ2v) is 5.25. The molecular formula is C15H14N4O3. The van der Waals surface area contributed by atoms with Gasteiger partial charge in [-0.1, -0.05) is 0 Å². The Balaban J connectivity index is 2.04. The summed E-state index contributed by atoms with van der Waals surface area (Å²) in [5.41, 5.74) is 11.7. The number of aromatic nitrogens is 1. The summed E-state index contributed by atoms with van der Waals surface area (Å²) >= 11 is 0. The quantitative estimate of drug-likeness (QED) is 0.376. The molecule has 0 saturated heterocycles. The average Bonchev–Trinajstić information content (AvgIpc) is 3.24. The normalized spacial score (nSPS) is 13.5. The van der Waals surface area contributed by atoms with Crippen molar-refractivity contribution >= 4 is 22.7 Å². The van der Waals surface area contributed by atoms with Gasteiger partial charge in [-0.2, -0.15) is 0 Å². The summed E-state index contributed by atoms with van der Waals surface area (Å²) in [6, 6.07) is 3.67. The van der Waals surface area contributed by atoms with Gasteiger partial charge in [-0.15, -0.1) is 0 Å². The molecule has 0 unspecified atom stereocenters. The van der Waals surface area contributed by atoms with E-state index in [-0.39, 0.29) is 11.4 Å². The number of hydrazine groups is 1. The molecule has 0 aliphatic heterocycles. The van der Waals surface area contributed by atoms with Crippen molar-refractivity contribution in [1.82, 2.24) is 10.4 Å². The van der Waals surface area contributed by atoms with Crippen molar-refractivity contribution in [2.45, 2.75) is 19.3 Å². The molecule has 5 N–H and O–H groups in total. The average molecular weight is 298 g/mol. The summed E-state index contributed by atoms with van der Waals surface area (Å²) < 4.78 is 11.0. The molecule has 0 radical (unpaired) electrons. The summed E-state index contributed by atoms with van der Waals surface area (Å²) in [6.45, 7) is 0. The number of aryl methyl sites for hydroxylation is 1. The second kappa shape index (κ2) is 4.60. The van der Waals surface area contributed by atoms with Crippen molar-refractivity contribution in [2.75, 3.05) is 5.73 Å². The van der Waals surface area contributed by atoms with Crippen molar-refractivity contribution < 1.29 is 13.6 Å². The van der Waals surface area contributed by atoms with E-state index in [1.807, 2.05) is 17.6 Å². The molecule has 22 heavy (non-hydrogen) atoms. The third-order valence-corrected chi connectivity index (χ3v) is 4.04. The highest BCUT2D eigenvalue weighted by Crippen LogP contribution is 2.40. The number of carbonyl (C=O) groups is 1. The highest BCUT2D eigenvalue weighted by Gasteiger charge is 2.28. The summed E-state index contributed by atoms with van der Waals surface area (Å²) in [6.07, 6.45) is 4.38. The molecule has 1 aliphatic rings. The smallest absolute Gasteiger partial charge is 0.303 e. The van der Waals surface area contributed by atoms with E-state index in [9.17, 15) is 4.79 Å². The standard InChI is InChI=1S/C15H14N4O3/c16-11-10-7-3-1-4-8(7)12(9-5-2-6-21-9)18-15(10)22-13(11)14(20)19-17/h2,5-6H,1,3-4,16-17H2,(H,19,20). The van der Waals surface area contributed by atoms with Crippen LogP contribution in [0.1, 0.15) is 28.1 Å². The third kappa shape index (κ3) is 1.66. The van der Waals surface area contributed by atoms with E-state index in [0.29, 0.717) is 16.9 Å². The maximum atomic E-state index is 11.8. The van der Waals surface area contributed by atoms with E-state index >= 15 is 0 Å². The van der Waals surface area contributed by atoms with Crippen molar-refractivity contribution in [3.63, 3.8) is 0 Å². The molecule has 3 aromatic rings. The monoisotopic (exact) mass is 298 g/mol. The topological polar surface area (TPSA) is 120 Å². The number of nitrogens with one attached hydrogen (secondary N) is 1. The van der Waals surface area contributed by atoms with Crippen LogP contribution in [0.4, 0.5) is 5.69 Å². The molecule has 0 bridgehead atoms. The van der Waals surface area contributed by atoms with Crippen LogP contribution in [0.15, 0.2) is 27.2 Å². The fourth-order valence-corrected chi connectivity index (χ4v) is 3.10. The zero-order valence-corrected chi connectivity index (χ0v) is 11.7. The number of amides is 1. The van der Waals surface area contributed by atoms with Gasteiger partial charge in [0.1, 0.15) is 5.69 Å². The number of nitrogens with zero attached hydrogens (tertiary/aromatic N) is 1. The first-order valence-electron chi connectivity index (χ1n) is 6.99. The Bertz CT molecular complexity index is 880. The maximum absolute atomic E-state index is 11.8. The Morgan fingerprint density at radius 2 is 2.14 bits per heavy atom. The van der Waals surface area contributed by atoms with Gasteiger partial charge in [0, 0.05) is 0 Å². The molecule has 0 fully saturated rings. The van der Waals surface area contributed by atoms with Crippen LogP contribution >= 0.6 is 0 Å². The van der Waals surface area contributed by atoms with Crippen molar-refractivity contribution in [1.29, 1.82) is 0 Å². The van der Waals surface area contributed by atoms with Crippen LogP contribution in [-0.2, 0) is 12.8 Å². The van der Waals surface area contributed by atoms with Crippen molar-refractivity contribution in [3.05, 3.63) is 35.3 Å². The van der Waals surface area contributed by atoms with E-state index in [0.717, 1.165) is 36.1 Å². The Hall–Kier alpha value is -2.80. The predicted molar refractivity (Wildman–Crippen MR) is 79.8 cm³/mol. The fraction of sp³-hybridized carbons (Fsp3) is 0.200. The Kier molecular flexibility index (Phi) is 2.70. The maximum Gasteiger partial charge on any atom is 0.303 e. The summed E-state index contributed by atoms with van der Waals surface area (Å²) in [5, 5.41) is 0.710. The number of furan rings is 2. The van der Waals surface area contributed by atoms with Crippen LogP contribution in [0.2, 0.25) is 0 Å². The minimum Gasteiger partial charge on any atom is -0.463 e. The first-order valence-corrected chi connectivity index (χ1v) is 6.99. The first kappa shape index (κ1) is 12.9. The highest BCUT2D eigenvalue weighted by atomic mass is 16.4. The van der Waals surface area contributed by atoms with Crippen LogP contribution in [0.5, 0.6) is 0 Å². The molecule has 112 valence electrons. The van der Waals surface area contributed by atoms with Gasteiger partial charge in [-0.25, -0.2) is 10.8 Å². The number of carbonyl (C=O) groups excluding carboxylic acids is 1. The third-order valence-electron chi connectivity index (χ3n) is 4.04. The number of rotatable bonds is 2. The van der Waals surface area contributed by atoms with Crippen LogP contribution in [-0.4, -0.2) is 10.9 Å². The molecule has 4 rings (SSSR count). The molecule has 3 aromatic heterocycles. The van der Waals surface area contributed by atoms with Gasteiger partial charge in [-0.05, 0) is 42.5 Å². The molecule has 0 atom stereocenters. The van der Waals surface area contributed by atoms with Gasteiger partial charge >= 0.3 is 5.91 Å². The minimum atomic E-state index is -0.568. The Morgan fingerprint density at radius 1 is 1.32 bits per heavy atom. The molecule has 7 heteroatoms. The first-order chi connectivity index (χ1) is 10.7. The number of pyridine rings is 1. The van der Waals surface area contributed by atoms with Gasteiger partial charge < -0.3 is 14.6 Å². The Labute approximate surface area is 125 Å². The number of nitrogens with two attached hydrogens (primary N) is 2. The van der Waals surface area contributed by atoms with Gasteiger partial charge in [0.05, 0.1) is 17.3 Å². The fourth-order valence-electron chi connectivity index (χ4n) is 3.10.